The quantitative estimate of drug-likeness (QED) is 0.323. The zero-order chi connectivity index (χ0) is 18.4. The van der Waals surface area contributed by atoms with Crippen LogP contribution in [0.1, 0.15) is 5.69 Å². The molecule has 2 heterocycles. The summed E-state index contributed by atoms with van der Waals surface area (Å²) >= 11 is 12.0. The van der Waals surface area contributed by atoms with E-state index in [0.29, 0.717) is 49.0 Å². The minimum Gasteiger partial charge on any atom is -0.379 e. The molecule has 0 unspecified atom stereocenters. The normalized spacial score (nSPS) is 16.2. The lowest BCUT2D eigenvalue weighted by Crippen LogP contribution is -2.45. The Hall–Kier alpha value is -0.270. The molecule has 1 aliphatic heterocycles. The van der Waals surface area contributed by atoms with Crippen LogP contribution in [0.5, 0.6) is 0 Å². The van der Waals surface area contributed by atoms with E-state index in [9.17, 15) is 8.42 Å². The van der Waals surface area contributed by atoms with Crippen molar-refractivity contribution < 1.29 is 13.2 Å². The van der Waals surface area contributed by atoms with Gasteiger partial charge in [0.05, 0.1) is 30.5 Å². The first kappa shape index (κ1) is 23.8. The number of nitrogens with zero attached hydrogens (tertiary/aromatic N) is 3. The van der Waals surface area contributed by atoms with E-state index in [0.717, 1.165) is 5.69 Å². The largest absolute Gasteiger partial charge is 0.379 e. The number of hydrogen-bond donors (Lipinski definition) is 2. The van der Waals surface area contributed by atoms with Crippen LogP contribution in [0.3, 0.4) is 0 Å². The molecule has 0 radical (unpaired) electrons. The number of ether oxygens (including phenoxy) is 1. The monoisotopic (exact) mass is 539 g/mol. The number of nitrogens with one attached hydrogen (secondary N) is 2. The summed E-state index contributed by atoms with van der Waals surface area (Å²) in [4.78, 5) is 4.08. The second-order valence-corrected chi connectivity index (χ2v) is 8.37. The first-order valence-corrected chi connectivity index (χ1v) is 10.2. The van der Waals surface area contributed by atoms with Crippen molar-refractivity contribution in [1.82, 2.24) is 19.5 Å². The Bertz CT molecular complexity index is 720. The Morgan fingerprint density at radius 3 is 2.50 bits per heavy atom. The molecule has 0 spiro atoms. The zero-order valence-electron chi connectivity index (χ0n) is 14.7. The summed E-state index contributed by atoms with van der Waals surface area (Å²) in [7, 11) is 0.143. The Kier molecular flexibility index (Phi) is 9.97. The first-order chi connectivity index (χ1) is 11.8. The third-order valence-corrected chi connectivity index (χ3v) is 6.61. The summed E-state index contributed by atoms with van der Waals surface area (Å²) in [5.74, 6) is 0.501. The third kappa shape index (κ3) is 6.41. The second kappa shape index (κ2) is 10.9. The molecule has 8 nitrogen and oxygen atoms in total. The average Bonchev–Trinajstić information content (AvgIpc) is 2.85. The topological polar surface area (TPSA) is 88.0 Å². The number of rotatable bonds is 6. The van der Waals surface area contributed by atoms with Gasteiger partial charge in [0, 0.05) is 39.4 Å². The van der Waals surface area contributed by atoms with Gasteiger partial charge in [-0.05, 0) is 6.07 Å². The predicted octanol–water partition coefficient (Wildman–Crippen LogP) is 1.28. The number of guanidine groups is 1. The van der Waals surface area contributed by atoms with Crippen molar-refractivity contribution in [3.05, 3.63) is 21.9 Å². The van der Waals surface area contributed by atoms with E-state index < -0.39 is 10.0 Å². The van der Waals surface area contributed by atoms with E-state index in [4.69, 9.17) is 27.9 Å². The molecule has 1 aromatic rings. The van der Waals surface area contributed by atoms with Gasteiger partial charge in [-0.2, -0.15) is 4.31 Å². The van der Waals surface area contributed by atoms with Crippen molar-refractivity contribution in [3.63, 3.8) is 0 Å². The van der Waals surface area contributed by atoms with Gasteiger partial charge in [-0.1, -0.05) is 23.2 Å². The van der Waals surface area contributed by atoms with Crippen molar-refractivity contribution in [1.29, 1.82) is 0 Å². The van der Waals surface area contributed by atoms with Gasteiger partial charge in [-0.15, -0.1) is 24.0 Å². The van der Waals surface area contributed by atoms with Crippen molar-refractivity contribution in [3.8, 4) is 0 Å². The van der Waals surface area contributed by atoms with Gasteiger partial charge in [-0.3, -0.25) is 4.99 Å². The number of sulfonamides is 1. The number of halogens is 3. The van der Waals surface area contributed by atoms with Gasteiger partial charge in [0.15, 0.2) is 5.96 Å². The van der Waals surface area contributed by atoms with E-state index in [2.05, 4.69) is 15.6 Å². The van der Waals surface area contributed by atoms with Crippen LogP contribution in [-0.2, 0) is 28.4 Å². The molecule has 1 fully saturated rings. The molecule has 0 aromatic carbocycles. The zero-order valence-corrected chi connectivity index (χ0v) is 19.3. The fourth-order valence-corrected chi connectivity index (χ4v) is 4.15. The van der Waals surface area contributed by atoms with E-state index in [-0.39, 0.29) is 36.3 Å². The molecule has 2 rings (SSSR count). The van der Waals surface area contributed by atoms with Crippen LogP contribution in [0.2, 0.25) is 10.2 Å². The number of morpholine rings is 1. The van der Waals surface area contributed by atoms with Crippen LogP contribution in [0, 0.1) is 0 Å². The van der Waals surface area contributed by atoms with E-state index in [1.807, 2.05) is 7.05 Å². The summed E-state index contributed by atoms with van der Waals surface area (Å²) in [5, 5.41) is 7.06. The molecule has 0 amide bonds. The lowest BCUT2D eigenvalue weighted by Gasteiger charge is -2.26. The Morgan fingerprint density at radius 1 is 1.31 bits per heavy atom. The van der Waals surface area contributed by atoms with Gasteiger partial charge < -0.3 is 19.9 Å². The van der Waals surface area contributed by atoms with Crippen LogP contribution >= 0.6 is 47.2 Å². The van der Waals surface area contributed by atoms with Crippen LogP contribution in [-0.4, -0.2) is 68.9 Å². The molecule has 1 aliphatic rings. The molecule has 0 saturated carbocycles. The minimum absolute atomic E-state index is 0. The van der Waals surface area contributed by atoms with Gasteiger partial charge >= 0.3 is 0 Å². The molecule has 12 heteroatoms. The van der Waals surface area contributed by atoms with Crippen LogP contribution < -0.4 is 10.6 Å². The Labute approximate surface area is 181 Å². The molecule has 1 aromatic heterocycles. The second-order valence-electron chi connectivity index (χ2n) is 5.51. The van der Waals surface area contributed by atoms with Gasteiger partial charge in [0.25, 0.3) is 0 Å². The fourth-order valence-electron chi connectivity index (χ4n) is 2.41. The van der Waals surface area contributed by atoms with E-state index >= 15 is 0 Å². The maximum atomic E-state index is 12.3. The standard InChI is InChI=1S/C14H23Cl2N5O3S.HI/c1-17-14(19-10-11-9-12(15)13(16)20(11)2)18-3-8-25(22,23)21-4-6-24-7-5-21;/h9H,3-8,10H2,1-2H3,(H2,17,18,19);1H. The minimum atomic E-state index is -3.29. The van der Waals surface area contributed by atoms with Crippen LogP contribution in [0.25, 0.3) is 0 Å². The highest BCUT2D eigenvalue weighted by Crippen LogP contribution is 2.24. The van der Waals surface area contributed by atoms with Crippen molar-refractivity contribution in [2.45, 2.75) is 6.54 Å². The molecular weight excluding hydrogens is 516 g/mol. The summed E-state index contributed by atoms with van der Waals surface area (Å²) in [6.07, 6.45) is 0. The van der Waals surface area contributed by atoms with E-state index in [1.54, 1.807) is 17.7 Å². The average molecular weight is 540 g/mol. The number of aliphatic imine (C=N–C) groups is 1. The molecule has 1 saturated heterocycles. The lowest BCUT2D eigenvalue weighted by molar-refractivity contribution is 0.0730. The summed E-state index contributed by atoms with van der Waals surface area (Å²) in [6, 6.07) is 1.77. The summed E-state index contributed by atoms with van der Waals surface area (Å²) in [6.45, 7) is 2.41. The molecule has 0 bridgehead atoms. The SMILES string of the molecule is CN=C(NCCS(=O)(=O)N1CCOCC1)NCc1cc(Cl)c(Cl)n1C.I. The smallest absolute Gasteiger partial charge is 0.215 e. The molecule has 26 heavy (non-hydrogen) atoms. The van der Waals surface area contributed by atoms with Crippen molar-refractivity contribution >= 4 is 63.2 Å². The van der Waals surface area contributed by atoms with Gasteiger partial charge in [-0.25, -0.2) is 8.42 Å². The van der Waals surface area contributed by atoms with E-state index in [1.165, 1.54) is 4.31 Å². The molecule has 0 atom stereocenters. The highest BCUT2D eigenvalue weighted by molar-refractivity contribution is 14.0. The van der Waals surface area contributed by atoms with Gasteiger partial charge in [0.2, 0.25) is 10.0 Å². The van der Waals surface area contributed by atoms with Gasteiger partial charge in [0.1, 0.15) is 5.15 Å². The predicted molar refractivity (Wildman–Crippen MR) is 115 cm³/mol. The Balaban J connectivity index is 0.00000338. The lowest BCUT2D eigenvalue weighted by atomic mass is 10.4. The highest BCUT2D eigenvalue weighted by Gasteiger charge is 2.23. The molecule has 2 N–H and O–H groups in total. The molecule has 150 valence electrons. The molecule has 0 aliphatic carbocycles. The van der Waals surface area contributed by atoms with Crippen molar-refractivity contribution in [2.75, 3.05) is 45.6 Å². The summed E-state index contributed by atoms with van der Waals surface area (Å²) in [5.41, 5.74) is 0.888. The maximum Gasteiger partial charge on any atom is 0.215 e. The number of hydrogen-bond acceptors (Lipinski definition) is 4. The van der Waals surface area contributed by atoms with Crippen molar-refractivity contribution in [2.24, 2.45) is 12.0 Å². The third-order valence-electron chi connectivity index (χ3n) is 3.89. The first-order valence-electron chi connectivity index (χ1n) is 7.85. The highest BCUT2D eigenvalue weighted by atomic mass is 127. The van der Waals surface area contributed by atoms with Crippen LogP contribution in [0.15, 0.2) is 11.1 Å². The van der Waals surface area contributed by atoms with Crippen LogP contribution in [0.4, 0.5) is 0 Å². The molecular formula is C14H24Cl2IN5O3S. The maximum absolute atomic E-state index is 12.3. The summed E-state index contributed by atoms with van der Waals surface area (Å²) < 4.78 is 32.9. The number of aromatic nitrogens is 1. The Morgan fingerprint density at radius 2 is 1.96 bits per heavy atom. The fraction of sp³-hybridized carbons (Fsp3) is 0.643.